The van der Waals surface area contributed by atoms with Crippen LogP contribution in [0.4, 0.5) is 0 Å². The fourth-order valence-corrected chi connectivity index (χ4v) is 7.69. The second-order valence-electron chi connectivity index (χ2n) is 14.3. The van der Waals surface area contributed by atoms with Crippen molar-refractivity contribution >= 4 is 38.0 Å². The van der Waals surface area contributed by atoms with E-state index in [1.54, 1.807) is 0 Å². The molecular weight excluding hydrogens is 799 g/mol. The van der Waals surface area contributed by atoms with Crippen molar-refractivity contribution in [3.8, 4) is 21.7 Å². The zero-order chi connectivity index (χ0) is 35.2. The smallest absolute Gasteiger partial charge is 0.162 e. The zero-order valence-electron chi connectivity index (χ0n) is 31.0. The summed E-state index contributed by atoms with van der Waals surface area (Å²) in [4.78, 5) is 17.9. The molecule has 3 aromatic carbocycles. The minimum Gasteiger partial charge on any atom is -0.512 e. The number of carbonyl (C=O) groups is 1. The summed E-state index contributed by atoms with van der Waals surface area (Å²) in [5, 5.41) is 13.5. The van der Waals surface area contributed by atoms with Crippen LogP contribution < -0.4 is 0 Å². The van der Waals surface area contributed by atoms with Crippen molar-refractivity contribution in [3.63, 3.8) is 0 Å². The summed E-state index contributed by atoms with van der Waals surface area (Å²) in [6, 6.07) is 25.8. The molecule has 0 unspecified atom stereocenters. The van der Waals surface area contributed by atoms with Crippen LogP contribution in [0.15, 0.2) is 78.7 Å². The van der Waals surface area contributed by atoms with Gasteiger partial charge in [0, 0.05) is 59.5 Å². The van der Waals surface area contributed by atoms with Crippen LogP contribution in [0.2, 0.25) is 0 Å². The first kappa shape index (κ1) is 40.3. The van der Waals surface area contributed by atoms with Crippen LogP contribution in [0, 0.1) is 24.8 Å². The number of fused-ring (bicyclic) bond motifs is 2. The molecule has 1 N–H and O–H groups in total. The van der Waals surface area contributed by atoms with Crippen molar-refractivity contribution in [2.45, 2.75) is 106 Å². The SMILES string of the molecule is CCC(CC)C(=O)/C=C(\O)C(CC)CC.Cc1c(-c2ccc(C(C)(C)C)cc2)sc2c(-c3[c-]c4ccccc4c(C(C)C)c3)nccc12.[Ir]. The van der Waals surface area contributed by atoms with Crippen molar-refractivity contribution in [1.29, 1.82) is 0 Å². The van der Waals surface area contributed by atoms with E-state index in [0.717, 1.165) is 42.3 Å². The Morgan fingerprint density at radius 2 is 1.51 bits per heavy atom. The number of benzene rings is 3. The number of aryl methyl sites for hydroxylation is 1. The van der Waals surface area contributed by atoms with E-state index in [4.69, 9.17) is 4.98 Å². The maximum Gasteiger partial charge on any atom is 0.162 e. The van der Waals surface area contributed by atoms with E-state index in [9.17, 15) is 9.90 Å². The number of hydrogen-bond donors (Lipinski definition) is 1. The van der Waals surface area contributed by atoms with Crippen LogP contribution in [0.5, 0.6) is 0 Å². The first-order chi connectivity index (χ1) is 22.8. The Hall–Kier alpha value is -3.11. The number of aliphatic hydroxyl groups is 1. The molecule has 5 rings (SSSR count). The predicted molar refractivity (Wildman–Crippen MR) is 208 cm³/mol. The molecule has 5 aromatic rings. The molecule has 0 spiro atoms. The normalized spacial score (nSPS) is 12.1. The van der Waals surface area contributed by atoms with E-state index in [2.05, 4.69) is 108 Å². The molecule has 1 radical (unpaired) electrons. The Labute approximate surface area is 312 Å². The van der Waals surface area contributed by atoms with Crippen molar-refractivity contribution in [1.82, 2.24) is 4.98 Å². The maximum atomic E-state index is 11.7. The molecule has 3 nitrogen and oxygen atoms in total. The van der Waals surface area contributed by atoms with Crippen LogP contribution >= 0.6 is 11.3 Å². The third-order valence-corrected chi connectivity index (χ3v) is 11.0. The molecule has 0 aliphatic rings. The monoisotopic (exact) mass is 853 g/mol. The zero-order valence-corrected chi connectivity index (χ0v) is 34.2. The summed E-state index contributed by atoms with van der Waals surface area (Å²) < 4.78 is 1.24. The summed E-state index contributed by atoms with van der Waals surface area (Å²) in [6.45, 7) is 21.6. The van der Waals surface area contributed by atoms with Gasteiger partial charge in [0.05, 0.1) is 5.76 Å². The number of carbonyl (C=O) groups excluding carboxylic acids is 1. The number of aliphatic hydroxyl groups excluding tert-OH is 1. The van der Waals surface area contributed by atoms with E-state index in [1.165, 1.54) is 48.7 Å². The summed E-state index contributed by atoms with van der Waals surface area (Å²) >= 11 is 1.85. The van der Waals surface area contributed by atoms with Crippen LogP contribution in [-0.4, -0.2) is 15.9 Å². The number of ketones is 1. The molecule has 263 valence electrons. The third-order valence-electron chi connectivity index (χ3n) is 9.63. The van der Waals surface area contributed by atoms with E-state index < -0.39 is 0 Å². The number of aromatic nitrogens is 1. The molecule has 0 fully saturated rings. The molecule has 0 aliphatic heterocycles. The van der Waals surface area contributed by atoms with Gasteiger partial charge in [0.1, 0.15) is 0 Å². The Balaban J connectivity index is 0.000000347. The van der Waals surface area contributed by atoms with Gasteiger partial charge in [-0.1, -0.05) is 116 Å². The van der Waals surface area contributed by atoms with Crippen molar-refractivity contribution < 1.29 is 30.0 Å². The van der Waals surface area contributed by atoms with Gasteiger partial charge in [0.25, 0.3) is 0 Å². The molecule has 0 amide bonds. The minimum atomic E-state index is 0. The molecule has 5 heteroatoms. The van der Waals surface area contributed by atoms with E-state index in [0.29, 0.717) is 5.92 Å². The van der Waals surface area contributed by atoms with Gasteiger partial charge < -0.3 is 5.11 Å². The molecule has 0 bridgehead atoms. The number of thiophene rings is 1. The number of nitrogens with zero attached hydrogens (tertiary/aromatic N) is 1. The van der Waals surface area contributed by atoms with Crippen molar-refractivity contribution in [2.75, 3.05) is 0 Å². The third kappa shape index (κ3) is 9.37. The van der Waals surface area contributed by atoms with E-state index >= 15 is 0 Å². The second-order valence-corrected chi connectivity index (χ2v) is 15.3. The molecule has 0 saturated carbocycles. The molecule has 0 atom stereocenters. The van der Waals surface area contributed by atoms with Crippen LogP contribution in [-0.2, 0) is 30.3 Å². The first-order valence-electron chi connectivity index (χ1n) is 17.7. The predicted octanol–water partition coefficient (Wildman–Crippen LogP) is 13.2. The number of allylic oxidation sites excluding steroid dienone is 2. The summed E-state index contributed by atoms with van der Waals surface area (Å²) in [5.74, 6) is 0.982. The number of hydrogen-bond acceptors (Lipinski definition) is 4. The molecule has 49 heavy (non-hydrogen) atoms. The Morgan fingerprint density at radius 3 is 2.08 bits per heavy atom. The second kappa shape index (κ2) is 17.7. The molecule has 0 aliphatic carbocycles. The minimum absolute atomic E-state index is 0. The average Bonchev–Trinajstić information content (AvgIpc) is 3.41. The van der Waals surface area contributed by atoms with Gasteiger partial charge in [-0.2, -0.15) is 0 Å². The first-order valence-corrected chi connectivity index (χ1v) is 18.5. The largest absolute Gasteiger partial charge is 0.512 e. The fourth-order valence-electron chi connectivity index (χ4n) is 6.38. The topological polar surface area (TPSA) is 50.2 Å². The maximum absolute atomic E-state index is 11.7. The van der Waals surface area contributed by atoms with Crippen LogP contribution in [0.25, 0.3) is 42.6 Å². The van der Waals surface area contributed by atoms with Crippen LogP contribution in [0.3, 0.4) is 0 Å². The number of rotatable bonds is 10. The summed E-state index contributed by atoms with van der Waals surface area (Å²) in [7, 11) is 0. The van der Waals surface area contributed by atoms with Gasteiger partial charge in [-0.05, 0) is 72.1 Å². The Bertz CT molecular complexity index is 1870. The van der Waals surface area contributed by atoms with E-state index in [1.807, 2.05) is 45.2 Å². The van der Waals surface area contributed by atoms with E-state index in [-0.39, 0.29) is 48.9 Å². The van der Waals surface area contributed by atoms with Gasteiger partial charge in [-0.15, -0.1) is 40.5 Å². The van der Waals surface area contributed by atoms with Crippen LogP contribution in [0.1, 0.15) is 111 Å². The summed E-state index contributed by atoms with van der Waals surface area (Å²) in [5.41, 5.74) is 7.59. The summed E-state index contributed by atoms with van der Waals surface area (Å²) in [6.07, 6.45) is 6.85. The molecule has 2 aromatic heterocycles. The molecular formula is C44H54IrNO2S-. The molecule has 2 heterocycles. The van der Waals surface area contributed by atoms with Gasteiger partial charge in [-0.25, -0.2) is 0 Å². The number of pyridine rings is 1. The Morgan fingerprint density at radius 1 is 0.898 bits per heavy atom. The van der Waals surface area contributed by atoms with Gasteiger partial charge in [0.15, 0.2) is 5.78 Å². The molecule has 0 saturated heterocycles. The van der Waals surface area contributed by atoms with Gasteiger partial charge >= 0.3 is 0 Å². The Kier molecular flexibility index (Phi) is 14.6. The average molecular weight is 853 g/mol. The van der Waals surface area contributed by atoms with Gasteiger partial charge in [0.2, 0.25) is 0 Å². The standard InChI is InChI=1S/C31H30NS.C13H24O2.Ir/c1-19(2)27-18-23(17-22-9-7-8-10-26(22)27)28-30-25(15-16-32-28)20(3)29(33-30)21-11-13-24(14-12-21)31(4,5)6;1-5-10(6-2)12(14)9-13(15)11(7-3)8-4;/h7-16,18-19H,1-6H3;9-11,14H,5-8H2,1-4H3;/q-1;;/b;12-9-;. The quantitative estimate of drug-likeness (QED) is 0.0865. The fraction of sp³-hybridized carbons (Fsp3) is 0.409. The van der Waals surface area contributed by atoms with Crippen molar-refractivity contribution in [3.05, 3.63) is 101 Å². The van der Waals surface area contributed by atoms with Gasteiger partial charge in [-0.3, -0.25) is 9.78 Å². The van der Waals surface area contributed by atoms with Crippen molar-refractivity contribution in [2.24, 2.45) is 11.8 Å².